The highest BCUT2D eigenvalue weighted by Gasteiger charge is 2.31. The van der Waals surface area contributed by atoms with Crippen LogP contribution in [0, 0.1) is 5.82 Å². The molecular weight excluding hydrogens is 420 g/mol. The van der Waals surface area contributed by atoms with Gasteiger partial charge in [-0.3, -0.25) is 9.78 Å². The van der Waals surface area contributed by atoms with Crippen LogP contribution in [0.3, 0.4) is 0 Å². The van der Waals surface area contributed by atoms with Crippen LogP contribution in [-0.2, 0) is 6.18 Å². The van der Waals surface area contributed by atoms with E-state index in [0.717, 1.165) is 0 Å². The maximum Gasteiger partial charge on any atom is 0.416 e. The van der Waals surface area contributed by atoms with Gasteiger partial charge in [0, 0.05) is 17.8 Å². The number of anilines is 1. The van der Waals surface area contributed by atoms with Crippen LogP contribution in [0.4, 0.5) is 23.2 Å². The molecule has 0 unspecified atom stereocenters. The Morgan fingerprint density at radius 3 is 2.65 bits per heavy atom. The zero-order chi connectivity index (χ0) is 22.2. The molecule has 7 nitrogen and oxygen atoms in total. The van der Waals surface area contributed by atoms with Crippen LogP contribution >= 0.6 is 0 Å². The maximum absolute atomic E-state index is 13.9. The highest BCUT2D eigenvalue weighted by Crippen LogP contribution is 2.32. The lowest BCUT2D eigenvalue weighted by molar-refractivity contribution is -0.137. The SMILES string of the molecule is O=C(Nc1cc(C(F)(F)F)ccc1F)c1cccc(Oc2ccnc3[nH]c(=O)[nH]c23)c1. The molecule has 2 heterocycles. The number of aromatic nitrogens is 3. The Balaban J connectivity index is 1.58. The maximum atomic E-state index is 13.9. The summed E-state index contributed by atoms with van der Waals surface area (Å²) in [5.41, 5.74) is -1.57. The van der Waals surface area contributed by atoms with Crippen molar-refractivity contribution in [1.29, 1.82) is 0 Å². The number of ether oxygens (including phenoxy) is 1. The van der Waals surface area contributed by atoms with Crippen LogP contribution in [0.1, 0.15) is 15.9 Å². The largest absolute Gasteiger partial charge is 0.455 e. The fourth-order valence-electron chi connectivity index (χ4n) is 2.82. The number of nitrogens with one attached hydrogen (secondary N) is 3. The van der Waals surface area contributed by atoms with E-state index < -0.39 is 34.8 Å². The molecule has 0 aliphatic carbocycles. The second-order valence-corrected chi connectivity index (χ2v) is 6.39. The minimum Gasteiger partial charge on any atom is -0.455 e. The van der Waals surface area contributed by atoms with Crippen molar-refractivity contribution >= 4 is 22.8 Å². The lowest BCUT2D eigenvalue weighted by Gasteiger charge is -2.12. The van der Waals surface area contributed by atoms with E-state index in [1.54, 1.807) is 0 Å². The molecule has 0 aliphatic heterocycles. The molecule has 0 atom stereocenters. The van der Waals surface area contributed by atoms with Gasteiger partial charge in [-0.15, -0.1) is 0 Å². The average Bonchev–Trinajstić information content (AvgIpc) is 3.10. The second kappa shape index (κ2) is 7.59. The van der Waals surface area contributed by atoms with Gasteiger partial charge in [0.2, 0.25) is 0 Å². The number of carbonyl (C=O) groups is 1. The van der Waals surface area contributed by atoms with Crippen LogP contribution in [0.15, 0.2) is 59.5 Å². The van der Waals surface area contributed by atoms with Gasteiger partial charge in [0.1, 0.15) is 17.1 Å². The lowest BCUT2D eigenvalue weighted by atomic mass is 10.1. The number of H-pyrrole nitrogens is 2. The van der Waals surface area contributed by atoms with Gasteiger partial charge in [0.25, 0.3) is 5.91 Å². The van der Waals surface area contributed by atoms with E-state index in [2.05, 4.69) is 20.3 Å². The van der Waals surface area contributed by atoms with Gasteiger partial charge in [-0.1, -0.05) is 6.07 Å². The molecule has 3 N–H and O–H groups in total. The summed E-state index contributed by atoms with van der Waals surface area (Å²) < 4.78 is 58.2. The van der Waals surface area contributed by atoms with E-state index in [-0.39, 0.29) is 22.7 Å². The first-order valence-electron chi connectivity index (χ1n) is 8.74. The van der Waals surface area contributed by atoms with Crippen LogP contribution in [0.25, 0.3) is 11.2 Å². The molecule has 0 spiro atoms. The standard InChI is InChI=1S/C20H12F4N4O3/c21-13-5-4-11(20(22,23)24)9-14(13)26-18(29)10-2-1-3-12(8-10)31-15-6-7-25-17-16(15)27-19(30)28-17/h1-9H,(H,26,29)(H2,25,27,28,30). The quantitative estimate of drug-likeness (QED) is 0.415. The van der Waals surface area contributed by atoms with Gasteiger partial charge < -0.3 is 15.0 Å². The van der Waals surface area contributed by atoms with E-state index in [1.165, 1.54) is 36.5 Å². The van der Waals surface area contributed by atoms with Gasteiger partial charge in [0.05, 0.1) is 11.3 Å². The molecule has 0 radical (unpaired) electrons. The molecule has 4 aromatic rings. The first-order valence-corrected chi connectivity index (χ1v) is 8.74. The Bertz CT molecular complexity index is 1340. The number of halogens is 4. The summed E-state index contributed by atoms with van der Waals surface area (Å²) in [6.07, 6.45) is -3.27. The Labute approximate surface area is 170 Å². The molecule has 2 aromatic carbocycles. The van der Waals surface area contributed by atoms with Gasteiger partial charge in [0.15, 0.2) is 11.4 Å². The number of hydrogen-bond donors (Lipinski definition) is 3. The Kier molecular flexibility index (Phi) is 4.93. The van der Waals surface area contributed by atoms with Crippen LogP contribution < -0.4 is 15.7 Å². The van der Waals surface area contributed by atoms with E-state index in [4.69, 9.17) is 4.74 Å². The molecule has 0 fully saturated rings. The number of fused-ring (bicyclic) bond motifs is 1. The van der Waals surface area contributed by atoms with E-state index in [0.29, 0.717) is 23.7 Å². The second-order valence-electron chi connectivity index (χ2n) is 6.39. The summed E-state index contributed by atoms with van der Waals surface area (Å²) in [4.78, 5) is 32.9. The zero-order valence-electron chi connectivity index (χ0n) is 15.4. The minimum absolute atomic E-state index is 0.0159. The normalized spacial score (nSPS) is 11.5. The summed E-state index contributed by atoms with van der Waals surface area (Å²) in [6.45, 7) is 0. The Morgan fingerprint density at radius 1 is 1.06 bits per heavy atom. The van der Waals surface area contributed by atoms with Gasteiger partial charge in [-0.25, -0.2) is 14.2 Å². The molecule has 0 saturated carbocycles. The summed E-state index contributed by atoms with van der Waals surface area (Å²) in [6, 6.07) is 8.93. The molecule has 0 saturated heterocycles. The molecule has 11 heteroatoms. The van der Waals surface area contributed by atoms with Crippen molar-refractivity contribution in [1.82, 2.24) is 15.0 Å². The molecular formula is C20H12F4N4O3. The number of nitrogens with zero attached hydrogens (tertiary/aromatic N) is 1. The predicted octanol–water partition coefficient (Wildman–Crippen LogP) is 4.45. The lowest BCUT2D eigenvalue weighted by Crippen LogP contribution is -2.14. The zero-order valence-corrected chi connectivity index (χ0v) is 15.4. The Morgan fingerprint density at radius 2 is 1.87 bits per heavy atom. The number of pyridine rings is 1. The molecule has 0 bridgehead atoms. The number of alkyl halides is 3. The van der Waals surface area contributed by atoms with Crippen LogP contribution in [-0.4, -0.2) is 20.9 Å². The molecule has 0 aliphatic rings. The summed E-state index contributed by atoms with van der Waals surface area (Å²) in [5, 5.41) is 2.13. The smallest absolute Gasteiger partial charge is 0.416 e. The molecule has 158 valence electrons. The van der Waals surface area contributed by atoms with Crippen molar-refractivity contribution in [3.63, 3.8) is 0 Å². The summed E-state index contributed by atoms with van der Waals surface area (Å²) in [5.74, 6) is -1.39. The number of imidazole rings is 1. The first-order chi connectivity index (χ1) is 14.7. The summed E-state index contributed by atoms with van der Waals surface area (Å²) in [7, 11) is 0. The number of aromatic amines is 2. The highest BCUT2D eigenvalue weighted by atomic mass is 19.4. The van der Waals surface area contributed by atoms with Gasteiger partial charge >= 0.3 is 11.9 Å². The third-order valence-electron chi connectivity index (χ3n) is 4.25. The number of rotatable bonds is 4. The van der Waals surface area contributed by atoms with Crippen molar-refractivity contribution in [2.45, 2.75) is 6.18 Å². The predicted molar refractivity (Wildman–Crippen MR) is 103 cm³/mol. The van der Waals surface area contributed by atoms with E-state index >= 15 is 0 Å². The van der Waals surface area contributed by atoms with E-state index in [1.807, 2.05) is 0 Å². The fraction of sp³-hybridized carbons (Fsp3) is 0.0500. The van der Waals surface area contributed by atoms with Gasteiger partial charge in [-0.2, -0.15) is 13.2 Å². The average molecular weight is 432 g/mol. The molecule has 4 rings (SSSR count). The van der Waals surface area contributed by atoms with Crippen LogP contribution in [0.2, 0.25) is 0 Å². The van der Waals surface area contributed by atoms with E-state index in [9.17, 15) is 27.2 Å². The third kappa shape index (κ3) is 4.25. The van der Waals surface area contributed by atoms with Crippen molar-refractivity contribution in [3.05, 3.63) is 82.2 Å². The number of amides is 1. The van der Waals surface area contributed by atoms with Crippen LogP contribution in [0.5, 0.6) is 11.5 Å². The van der Waals surface area contributed by atoms with Crippen molar-refractivity contribution < 1.29 is 27.1 Å². The number of benzene rings is 2. The molecule has 2 aromatic heterocycles. The Hall–Kier alpha value is -4.15. The minimum atomic E-state index is -4.68. The number of carbonyl (C=O) groups excluding carboxylic acids is 1. The third-order valence-corrected chi connectivity index (χ3v) is 4.25. The first kappa shape index (κ1) is 20.1. The van der Waals surface area contributed by atoms with Crippen molar-refractivity contribution in [2.75, 3.05) is 5.32 Å². The summed E-state index contributed by atoms with van der Waals surface area (Å²) >= 11 is 0. The topological polar surface area (TPSA) is 99.9 Å². The fourth-order valence-corrected chi connectivity index (χ4v) is 2.82. The molecule has 1 amide bonds. The van der Waals surface area contributed by atoms with Crippen molar-refractivity contribution in [2.24, 2.45) is 0 Å². The van der Waals surface area contributed by atoms with Crippen molar-refractivity contribution in [3.8, 4) is 11.5 Å². The van der Waals surface area contributed by atoms with Gasteiger partial charge in [-0.05, 0) is 36.4 Å². The monoisotopic (exact) mass is 432 g/mol. The molecule has 31 heavy (non-hydrogen) atoms. The number of hydrogen-bond acceptors (Lipinski definition) is 4. The highest BCUT2D eigenvalue weighted by molar-refractivity contribution is 6.04.